The highest BCUT2D eigenvalue weighted by Crippen LogP contribution is 2.39. The molecule has 1 heterocycles. The first-order valence-electron chi connectivity index (χ1n) is 11.6. The Kier molecular flexibility index (Phi) is 9.94. The Hall–Kier alpha value is -4.25. The highest BCUT2D eigenvalue weighted by atomic mass is 32.1. The summed E-state index contributed by atoms with van der Waals surface area (Å²) in [7, 11) is 6.13. The molecule has 1 atom stereocenters. The molecular weight excluding hydrogens is 514 g/mol. The Bertz CT molecular complexity index is 1280. The summed E-state index contributed by atoms with van der Waals surface area (Å²) >= 11 is 0.984. The SMILES string of the molecule is CCOC(=O)C(Cc1ccc([N+](=O)[O-])s1)Oc1cc(/C=C\c2cc(OC)c(OC)c(OC)c2)ccc1OC. The van der Waals surface area contributed by atoms with Gasteiger partial charge in [0.15, 0.2) is 23.0 Å². The van der Waals surface area contributed by atoms with Crippen LogP contribution < -0.4 is 23.7 Å². The van der Waals surface area contributed by atoms with Gasteiger partial charge in [0.1, 0.15) is 0 Å². The smallest absolute Gasteiger partial charge is 0.347 e. The lowest BCUT2D eigenvalue weighted by atomic mass is 10.1. The highest BCUT2D eigenvalue weighted by Gasteiger charge is 2.26. The summed E-state index contributed by atoms with van der Waals surface area (Å²) in [5.74, 6) is 1.70. The lowest BCUT2D eigenvalue weighted by Crippen LogP contribution is -2.31. The molecule has 0 spiro atoms. The summed E-state index contributed by atoms with van der Waals surface area (Å²) in [6.07, 6.45) is 2.79. The maximum atomic E-state index is 12.7. The molecule has 3 aromatic rings. The van der Waals surface area contributed by atoms with Gasteiger partial charge in [-0.15, -0.1) is 0 Å². The van der Waals surface area contributed by atoms with Crippen molar-refractivity contribution in [1.82, 2.24) is 0 Å². The third-order valence-electron chi connectivity index (χ3n) is 5.38. The molecule has 0 bridgehead atoms. The van der Waals surface area contributed by atoms with Crippen molar-refractivity contribution in [3.8, 4) is 28.7 Å². The number of esters is 1. The second-order valence-electron chi connectivity index (χ2n) is 7.76. The molecule has 1 unspecified atom stereocenters. The van der Waals surface area contributed by atoms with Gasteiger partial charge in [-0.05, 0) is 48.4 Å². The number of ether oxygens (including phenoxy) is 6. The van der Waals surface area contributed by atoms with E-state index >= 15 is 0 Å². The standard InChI is InChI=1S/C27H29NO9S/c1-6-36-27(29)24(16-19-10-12-25(38-19)28(30)31)37-21-13-17(9-11-20(21)32-2)7-8-18-14-22(33-3)26(35-5)23(15-18)34-4/h7-15,24H,6,16H2,1-5H3/b8-7-. The topological polar surface area (TPSA) is 116 Å². The largest absolute Gasteiger partial charge is 0.493 e. The van der Waals surface area contributed by atoms with Crippen molar-refractivity contribution in [2.75, 3.05) is 35.0 Å². The molecule has 0 N–H and O–H groups in total. The van der Waals surface area contributed by atoms with Crippen LogP contribution in [0.2, 0.25) is 0 Å². The number of carbonyl (C=O) groups is 1. The molecule has 10 nitrogen and oxygen atoms in total. The van der Waals surface area contributed by atoms with Gasteiger partial charge in [-0.1, -0.05) is 29.6 Å². The van der Waals surface area contributed by atoms with E-state index in [-0.39, 0.29) is 18.0 Å². The van der Waals surface area contributed by atoms with Crippen molar-refractivity contribution in [2.45, 2.75) is 19.4 Å². The van der Waals surface area contributed by atoms with Gasteiger partial charge in [0.05, 0.1) is 40.0 Å². The number of carbonyl (C=O) groups excluding carboxylic acids is 1. The molecule has 0 radical (unpaired) electrons. The van der Waals surface area contributed by atoms with Crippen molar-refractivity contribution in [3.63, 3.8) is 0 Å². The van der Waals surface area contributed by atoms with E-state index in [1.54, 1.807) is 39.3 Å². The van der Waals surface area contributed by atoms with Crippen LogP contribution in [0.3, 0.4) is 0 Å². The van der Waals surface area contributed by atoms with Crippen molar-refractivity contribution in [1.29, 1.82) is 0 Å². The third-order valence-corrected chi connectivity index (χ3v) is 6.43. The van der Waals surface area contributed by atoms with Gasteiger partial charge in [0.2, 0.25) is 11.9 Å². The summed E-state index contributed by atoms with van der Waals surface area (Å²) < 4.78 is 32.9. The Balaban J connectivity index is 1.90. The predicted molar refractivity (Wildman–Crippen MR) is 144 cm³/mol. The number of hydrogen-bond donors (Lipinski definition) is 0. The molecule has 0 saturated carbocycles. The molecule has 0 aliphatic carbocycles. The van der Waals surface area contributed by atoms with Gasteiger partial charge in [0, 0.05) is 17.4 Å². The molecule has 2 aromatic carbocycles. The van der Waals surface area contributed by atoms with Crippen LogP contribution in [-0.4, -0.2) is 52.0 Å². The van der Waals surface area contributed by atoms with Crippen LogP contribution in [0.1, 0.15) is 22.9 Å². The van der Waals surface area contributed by atoms with E-state index in [2.05, 4.69) is 0 Å². The Morgan fingerprint density at radius 1 is 0.895 bits per heavy atom. The van der Waals surface area contributed by atoms with E-state index in [1.165, 1.54) is 20.3 Å². The maximum absolute atomic E-state index is 12.7. The number of benzene rings is 2. The molecule has 0 fully saturated rings. The minimum Gasteiger partial charge on any atom is -0.493 e. The molecule has 202 valence electrons. The Labute approximate surface area is 224 Å². The first kappa shape index (κ1) is 28.3. The minimum absolute atomic E-state index is 0.0147. The van der Waals surface area contributed by atoms with Crippen LogP contribution >= 0.6 is 11.3 Å². The fourth-order valence-corrected chi connectivity index (χ4v) is 4.45. The highest BCUT2D eigenvalue weighted by molar-refractivity contribution is 7.15. The maximum Gasteiger partial charge on any atom is 0.347 e. The molecule has 0 saturated heterocycles. The van der Waals surface area contributed by atoms with Crippen molar-refractivity contribution in [2.24, 2.45) is 0 Å². The van der Waals surface area contributed by atoms with Crippen LogP contribution in [-0.2, 0) is 16.0 Å². The normalized spacial score (nSPS) is 11.6. The predicted octanol–water partition coefficient (Wildman–Crippen LogP) is 5.41. The number of hydrogen-bond acceptors (Lipinski definition) is 10. The molecule has 3 rings (SSSR count). The lowest BCUT2D eigenvalue weighted by molar-refractivity contribution is -0.380. The Morgan fingerprint density at radius 3 is 2.08 bits per heavy atom. The van der Waals surface area contributed by atoms with E-state index in [0.29, 0.717) is 33.6 Å². The number of nitro groups is 1. The monoisotopic (exact) mass is 543 g/mol. The molecule has 0 aliphatic heterocycles. The lowest BCUT2D eigenvalue weighted by Gasteiger charge is -2.19. The molecule has 1 aromatic heterocycles. The fraction of sp³-hybridized carbons (Fsp3) is 0.296. The summed E-state index contributed by atoms with van der Waals surface area (Å²) in [6, 6.07) is 11.9. The van der Waals surface area contributed by atoms with E-state index in [4.69, 9.17) is 28.4 Å². The summed E-state index contributed by atoms with van der Waals surface area (Å²) in [6.45, 7) is 1.86. The van der Waals surface area contributed by atoms with Gasteiger partial charge in [-0.25, -0.2) is 4.79 Å². The van der Waals surface area contributed by atoms with E-state index in [0.717, 1.165) is 22.5 Å². The van der Waals surface area contributed by atoms with Gasteiger partial charge < -0.3 is 28.4 Å². The van der Waals surface area contributed by atoms with E-state index in [1.807, 2.05) is 30.4 Å². The number of nitrogens with zero attached hydrogens (tertiary/aromatic N) is 1. The molecule has 38 heavy (non-hydrogen) atoms. The quantitative estimate of drug-likeness (QED) is 0.121. The van der Waals surface area contributed by atoms with E-state index in [9.17, 15) is 14.9 Å². The third kappa shape index (κ3) is 6.94. The zero-order valence-electron chi connectivity index (χ0n) is 21.7. The number of methoxy groups -OCH3 is 4. The van der Waals surface area contributed by atoms with E-state index < -0.39 is 17.0 Å². The van der Waals surface area contributed by atoms with Crippen LogP contribution in [0.15, 0.2) is 42.5 Å². The second kappa shape index (κ2) is 13.3. The van der Waals surface area contributed by atoms with Gasteiger partial charge >= 0.3 is 11.0 Å². The summed E-state index contributed by atoms with van der Waals surface area (Å²) in [4.78, 5) is 23.9. The number of rotatable bonds is 13. The molecule has 0 aliphatic rings. The first-order valence-corrected chi connectivity index (χ1v) is 12.4. The van der Waals surface area contributed by atoms with Crippen LogP contribution in [0.5, 0.6) is 28.7 Å². The summed E-state index contributed by atoms with van der Waals surface area (Å²) in [5, 5.41) is 11.1. The Morgan fingerprint density at radius 2 is 1.53 bits per heavy atom. The van der Waals surface area contributed by atoms with Gasteiger partial charge in [0.25, 0.3) is 0 Å². The first-order chi connectivity index (χ1) is 18.3. The van der Waals surface area contributed by atoms with Crippen LogP contribution in [0.25, 0.3) is 12.2 Å². The molecule has 11 heteroatoms. The van der Waals surface area contributed by atoms with Crippen LogP contribution in [0, 0.1) is 10.1 Å². The minimum atomic E-state index is -1.03. The zero-order valence-corrected chi connectivity index (χ0v) is 22.5. The average molecular weight is 544 g/mol. The molecular formula is C27H29NO9S. The average Bonchev–Trinajstić information content (AvgIpc) is 3.40. The van der Waals surface area contributed by atoms with Gasteiger partial charge in [-0.2, -0.15) is 0 Å². The van der Waals surface area contributed by atoms with Crippen molar-refractivity contribution >= 4 is 34.5 Å². The zero-order chi connectivity index (χ0) is 27.7. The summed E-state index contributed by atoms with van der Waals surface area (Å²) in [5.41, 5.74) is 1.57. The van der Waals surface area contributed by atoms with Gasteiger partial charge in [-0.3, -0.25) is 10.1 Å². The molecule has 0 amide bonds. The number of thiophene rings is 1. The van der Waals surface area contributed by atoms with Crippen LogP contribution in [0.4, 0.5) is 5.00 Å². The van der Waals surface area contributed by atoms with Crippen molar-refractivity contribution in [3.05, 3.63) is 68.6 Å². The van der Waals surface area contributed by atoms with Crippen molar-refractivity contribution < 1.29 is 38.1 Å². The second-order valence-corrected chi connectivity index (χ2v) is 8.91. The fourth-order valence-electron chi connectivity index (χ4n) is 3.60.